The van der Waals surface area contributed by atoms with Gasteiger partial charge < -0.3 is 8.98 Å². The van der Waals surface area contributed by atoms with E-state index in [4.69, 9.17) is 19.4 Å². The molecular weight excluding hydrogens is 685 g/mol. The molecule has 11 aromatic rings. The maximum atomic E-state index is 6.75. The van der Waals surface area contributed by atoms with Crippen molar-refractivity contribution in [2.75, 3.05) is 0 Å². The van der Waals surface area contributed by atoms with E-state index in [-0.39, 0.29) is 0 Å². The summed E-state index contributed by atoms with van der Waals surface area (Å²) in [7, 11) is 0. The Morgan fingerprint density at radius 1 is 0.339 bits per heavy atom. The highest BCUT2D eigenvalue weighted by Crippen LogP contribution is 2.42. The maximum absolute atomic E-state index is 6.75. The molecule has 0 fully saturated rings. The molecule has 0 spiro atoms. The van der Waals surface area contributed by atoms with E-state index in [9.17, 15) is 0 Å². The second-order valence-electron chi connectivity index (χ2n) is 14.0. The van der Waals surface area contributed by atoms with Crippen molar-refractivity contribution in [1.82, 2.24) is 19.5 Å². The fraction of sp³-hybridized carbons (Fsp3) is 0. The molecule has 0 aliphatic heterocycles. The largest absolute Gasteiger partial charge is 0.456 e. The van der Waals surface area contributed by atoms with Crippen LogP contribution in [-0.2, 0) is 0 Å². The summed E-state index contributed by atoms with van der Waals surface area (Å²) >= 11 is 0. The molecule has 0 radical (unpaired) electrons. The minimum absolute atomic E-state index is 0.581. The summed E-state index contributed by atoms with van der Waals surface area (Å²) in [6, 6.07) is 67.4. The summed E-state index contributed by atoms with van der Waals surface area (Å²) in [5.74, 6) is 1.80. The smallest absolute Gasteiger partial charge is 0.164 e. The maximum Gasteiger partial charge on any atom is 0.164 e. The monoisotopic (exact) mass is 716 g/mol. The molecule has 0 N–H and O–H groups in total. The van der Waals surface area contributed by atoms with Crippen LogP contribution in [0.4, 0.5) is 0 Å². The average Bonchev–Trinajstić information content (AvgIpc) is 3.82. The Bertz CT molecular complexity index is 3170. The highest BCUT2D eigenvalue weighted by atomic mass is 16.3. The number of benzene rings is 8. The molecule has 8 aromatic carbocycles. The predicted molar refractivity (Wildman–Crippen MR) is 229 cm³/mol. The number of hydrogen-bond acceptors (Lipinski definition) is 4. The van der Waals surface area contributed by atoms with Crippen LogP contribution in [-0.4, -0.2) is 19.5 Å². The van der Waals surface area contributed by atoms with Gasteiger partial charge in [-0.05, 0) is 64.7 Å². The number of aromatic nitrogens is 4. The molecule has 0 bridgehead atoms. The highest BCUT2D eigenvalue weighted by molar-refractivity contribution is 6.15. The van der Waals surface area contributed by atoms with Crippen LogP contribution in [0.5, 0.6) is 0 Å². The van der Waals surface area contributed by atoms with Crippen molar-refractivity contribution in [3.05, 3.63) is 194 Å². The van der Waals surface area contributed by atoms with Crippen LogP contribution < -0.4 is 0 Å². The average molecular weight is 717 g/mol. The van der Waals surface area contributed by atoms with Crippen molar-refractivity contribution < 1.29 is 4.42 Å². The van der Waals surface area contributed by atoms with Crippen molar-refractivity contribution in [2.45, 2.75) is 0 Å². The van der Waals surface area contributed by atoms with Gasteiger partial charge >= 0.3 is 0 Å². The Morgan fingerprint density at radius 2 is 0.893 bits per heavy atom. The third-order valence-electron chi connectivity index (χ3n) is 10.6. The lowest BCUT2D eigenvalue weighted by Gasteiger charge is -2.12. The van der Waals surface area contributed by atoms with Crippen molar-refractivity contribution in [3.63, 3.8) is 0 Å². The van der Waals surface area contributed by atoms with Crippen molar-refractivity contribution >= 4 is 43.7 Å². The number of nitrogens with zero attached hydrogens (tertiary/aromatic N) is 4. The molecule has 0 saturated carbocycles. The fourth-order valence-electron chi connectivity index (χ4n) is 8.00. The van der Waals surface area contributed by atoms with Gasteiger partial charge in [0.25, 0.3) is 0 Å². The van der Waals surface area contributed by atoms with E-state index in [1.165, 1.54) is 21.9 Å². The standard InChI is InChI=1S/C51H32N4O/c1-5-15-33(16-6-1)37-25-27-41-40-23-13-14-24-44(40)55(45(41)30-37)39-26-28-46-42(32-39)48-43(29-38(31-47(48)56-46)34-17-7-2-8-18-34)51-53-49(35-19-9-3-10-20-35)52-50(54-51)36-21-11-4-12-22-36/h1-32H. The van der Waals surface area contributed by atoms with Crippen LogP contribution in [0.25, 0.3) is 106 Å². The summed E-state index contributed by atoms with van der Waals surface area (Å²) < 4.78 is 9.12. The van der Waals surface area contributed by atoms with Crippen molar-refractivity contribution in [2.24, 2.45) is 0 Å². The molecule has 5 heteroatoms. The van der Waals surface area contributed by atoms with Crippen LogP contribution >= 0.6 is 0 Å². The molecule has 0 saturated heterocycles. The van der Waals surface area contributed by atoms with Crippen molar-refractivity contribution in [1.29, 1.82) is 0 Å². The van der Waals surface area contributed by atoms with Gasteiger partial charge in [-0.25, -0.2) is 15.0 Å². The first-order chi connectivity index (χ1) is 27.7. The Morgan fingerprint density at radius 3 is 1.55 bits per heavy atom. The van der Waals surface area contributed by atoms with Crippen molar-refractivity contribution in [3.8, 4) is 62.1 Å². The van der Waals surface area contributed by atoms with Gasteiger partial charge in [-0.1, -0.05) is 152 Å². The van der Waals surface area contributed by atoms with E-state index in [1.807, 2.05) is 66.7 Å². The molecule has 262 valence electrons. The second-order valence-corrected chi connectivity index (χ2v) is 14.0. The van der Waals surface area contributed by atoms with Crippen LogP contribution in [0.2, 0.25) is 0 Å². The molecule has 0 unspecified atom stereocenters. The summed E-state index contributed by atoms with van der Waals surface area (Å²) in [4.78, 5) is 15.4. The Labute approximate surface area is 322 Å². The second kappa shape index (κ2) is 13.0. The molecule has 0 aliphatic rings. The first-order valence-corrected chi connectivity index (χ1v) is 18.8. The third-order valence-corrected chi connectivity index (χ3v) is 10.6. The van der Waals surface area contributed by atoms with E-state index in [2.05, 4.69) is 132 Å². The number of furan rings is 1. The summed E-state index contributed by atoms with van der Waals surface area (Å²) in [5, 5.41) is 4.36. The van der Waals surface area contributed by atoms with Gasteiger partial charge in [-0.15, -0.1) is 0 Å². The lowest BCUT2D eigenvalue weighted by Crippen LogP contribution is -2.00. The van der Waals surface area contributed by atoms with Gasteiger partial charge in [0.2, 0.25) is 0 Å². The molecule has 56 heavy (non-hydrogen) atoms. The van der Waals surface area contributed by atoms with Gasteiger partial charge in [-0.2, -0.15) is 0 Å². The van der Waals surface area contributed by atoms with Gasteiger partial charge in [-0.3, -0.25) is 0 Å². The first kappa shape index (κ1) is 31.9. The Hall–Kier alpha value is -7.63. The first-order valence-electron chi connectivity index (χ1n) is 18.8. The van der Waals surface area contributed by atoms with Gasteiger partial charge in [0.15, 0.2) is 17.5 Å². The molecule has 0 amide bonds. The zero-order valence-electron chi connectivity index (χ0n) is 30.2. The van der Waals surface area contributed by atoms with E-state index in [1.54, 1.807) is 0 Å². The number of fused-ring (bicyclic) bond motifs is 6. The Kier molecular flexibility index (Phi) is 7.42. The lowest BCUT2D eigenvalue weighted by atomic mass is 9.98. The lowest BCUT2D eigenvalue weighted by molar-refractivity contribution is 0.669. The van der Waals surface area contributed by atoms with E-state index < -0.39 is 0 Å². The molecule has 3 heterocycles. The molecule has 0 atom stereocenters. The zero-order valence-corrected chi connectivity index (χ0v) is 30.2. The van der Waals surface area contributed by atoms with E-state index in [0.717, 1.165) is 66.5 Å². The third kappa shape index (κ3) is 5.37. The quantitative estimate of drug-likeness (QED) is 0.172. The molecule has 0 aliphatic carbocycles. The SMILES string of the molecule is c1ccc(-c2cc(-c3nc(-c4ccccc4)nc(-c4ccccc4)n3)c3c(c2)oc2ccc(-n4c5ccccc5c5ccc(-c6ccccc6)cc54)cc23)cc1. The topological polar surface area (TPSA) is 56.7 Å². The molecule has 3 aromatic heterocycles. The normalized spacial score (nSPS) is 11.6. The van der Waals surface area contributed by atoms with Crippen LogP contribution in [0, 0.1) is 0 Å². The minimum atomic E-state index is 0.581. The van der Waals surface area contributed by atoms with Crippen LogP contribution in [0.3, 0.4) is 0 Å². The molecular formula is C51H32N4O. The number of para-hydroxylation sites is 1. The number of rotatable bonds is 6. The van der Waals surface area contributed by atoms with Crippen LogP contribution in [0.1, 0.15) is 0 Å². The summed E-state index contributed by atoms with van der Waals surface area (Å²) in [6.07, 6.45) is 0. The predicted octanol–water partition coefficient (Wildman–Crippen LogP) is 13.2. The minimum Gasteiger partial charge on any atom is -0.456 e. The van der Waals surface area contributed by atoms with Gasteiger partial charge in [0, 0.05) is 43.9 Å². The zero-order chi connectivity index (χ0) is 37.0. The fourth-order valence-corrected chi connectivity index (χ4v) is 8.00. The van der Waals surface area contributed by atoms with Gasteiger partial charge in [0.1, 0.15) is 11.2 Å². The van der Waals surface area contributed by atoms with E-state index >= 15 is 0 Å². The molecule has 11 rings (SSSR count). The van der Waals surface area contributed by atoms with Gasteiger partial charge in [0.05, 0.1) is 11.0 Å². The summed E-state index contributed by atoms with van der Waals surface area (Å²) in [6.45, 7) is 0. The number of hydrogen-bond donors (Lipinski definition) is 0. The highest BCUT2D eigenvalue weighted by Gasteiger charge is 2.21. The van der Waals surface area contributed by atoms with E-state index in [0.29, 0.717) is 17.5 Å². The molecule has 5 nitrogen and oxygen atoms in total. The van der Waals surface area contributed by atoms with Crippen LogP contribution in [0.15, 0.2) is 199 Å². The summed E-state index contributed by atoms with van der Waals surface area (Å²) in [5.41, 5.74) is 12.1. The Balaban J connectivity index is 1.19.